The third-order valence-electron chi connectivity index (χ3n) is 1.22. The van der Waals surface area contributed by atoms with Gasteiger partial charge < -0.3 is 0 Å². The lowest BCUT2D eigenvalue weighted by atomic mass is 10.2. The molecule has 0 atom stereocenters. The largest absolute Gasteiger partial charge is 0.120 e. The highest BCUT2D eigenvalue weighted by Gasteiger charge is 1.85. The maximum absolute atomic E-state index is 5.07. The summed E-state index contributed by atoms with van der Waals surface area (Å²) in [6, 6.07) is 0. The molecule has 1 radical (unpaired) electrons. The molecule has 0 heterocycles. The Morgan fingerprint density at radius 2 is 1.78 bits per heavy atom. The van der Waals surface area contributed by atoms with E-state index in [9.17, 15) is 0 Å². The monoisotopic (exact) mass is 141 g/mol. The molecule has 0 saturated carbocycles. The van der Waals surface area contributed by atoms with Gasteiger partial charge in [-0.3, -0.25) is 0 Å². The molecule has 0 rings (SSSR count). The van der Waals surface area contributed by atoms with Crippen LogP contribution in [0.3, 0.4) is 0 Å². The minimum atomic E-state index is 0.899. The minimum absolute atomic E-state index is 0.899. The summed E-state index contributed by atoms with van der Waals surface area (Å²) < 4.78 is 0. The Labute approximate surface area is 63.4 Å². The molecular formula is C8H13S. The first-order chi connectivity index (χ1) is 4.41. The molecule has 0 aromatic heterocycles. The fraction of sp³-hybridized carbons (Fsp3) is 0.750. The number of hydrogen-bond donors (Lipinski definition) is 0. The van der Waals surface area contributed by atoms with Gasteiger partial charge in [0, 0.05) is 12.2 Å². The lowest BCUT2D eigenvalue weighted by molar-refractivity contribution is 0.684. The Morgan fingerprint density at radius 1 is 1.11 bits per heavy atom. The molecule has 0 amide bonds. The molecule has 0 spiro atoms. The van der Waals surface area contributed by atoms with E-state index in [1.165, 1.54) is 25.7 Å². The summed E-state index contributed by atoms with van der Waals surface area (Å²) in [6.45, 7) is 0. The zero-order chi connectivity index (χ0) is 6.95. The fourth-order valence-electron chi connectivity index (χ4n) is 0.683. The van der Waals surface area contributed by atoms with Gasteiger partial charge in [-0.25, -0.2) is 0 Å². The normalized spacial score (nSPS) is 8.89. The van der Waals surface area contributed by atoms with E-state index >= 15 is 0 Å². The lowest BCUT2D eigenvalue weighted by Crippen LogP contribution is -1.77. The third-order valence-corrected chi connectivity index (χ3v) is 1.50. The van der Waals surface area contributed by atoms with Gasteiger partial charge in [-0.2, -0.15) is 0 Å². The van der Waals surface area contributed by atoms with Crippen LogP contribution in [0, 0.1) is 12.3 Å². The predicted octanol–water partition coefficient (Wildman–Crippen LogP) is 2.77. The van der Waals surface area contributed by atoms with Gasteiger partial charge in [-0.1, -0.05) is 25.5 Å². The first-order valence-corrected chi connectivity index (χ1v) is 4.01. The predicted molar refractivity (Wildman–Crippen MR) is 44.4 cm³/mol. The van der Waals surface area contributed by atoms with E-state index in [4.69, 9.17) is 19.1 Å². The summed E-state index contributed by atoms with van der Waals surface area (Å²) in [5.74, 6) is 3.52. The van der Waals surface area contributed by atoms with E-state index in [-0.39, 0.29) is 0 Å². The van der Waals surface area contributed by atoms with Crippen LogP contribution in [-0.4, -0.2) is 5.75 Å². The van der Waals surface area contributed by atoms with E-state index < -0.39 is 0 Å². The second kappa shape index (κ2) is 7.91. The molecular weight excluding hydrogens is 128 g/mol. The average molecular weight is 141 g/mol. The third kappa shape index (κ3) is 7.91. The number of hydrogen-bond acceptors (Lipinski definition) is 0. The van der Waals surface area contributed by atoms with Gasteiger partial charge in [-0.15, -0.1) is 12.3 Å². The van der Waals surface area contributed by atoms with Crippen molar-refractivity contribution >= 4 is 12.6 Å². The summed E-state index contributed by atoms with van der Waals surface area (Å²) >= 11 is 4.79. The Bertz CT molecular complexity index is 81.1. The molecule has 0 aliphatic carbocycles. The molecule has 0 aromatic carbocycles. The zero-order valence-electron chi connectivity index (χ0n) is 5.73. The van der Waals surface area contributed by atoms with Gasteiger partial charge in [-0.05, 0) is 12.8 Å². The Morgan fingerprint density at radius 3 is 2.33 bits per heavy atom. The van der Waals surface area contributed by atoms with E-state index in [1.54, 1.807) is 0 Å². The van der Waals surface area contributed by atoms with Crippen LogP contribution in [-0.2, 0) is 0 Å². The molecule has 0 N–H and O–H groups in total. The van der Waals surface area contributed by atoms with Crippen molar-refractivity contribution in [2.75, 3.05) is 5.75 Å². The van der Waals surface area contributed by atoms with Crippen molar-refractivity contribution in [3.63, 3.8) is 0 Å². The Hall–Kier alpha value is -0.0900. The summed E-state index contributed by atoms with van der Waals surface area (Å²) in [7, 11) is 0. The van der Waals surface area contributed by atoms with Gasteiger partial charge in [0.2, 0.25) is 0 Å². The first-order valence-electron chi connectivity index (χ1n) is 3.43. The van der Waals surface area contributed by atoms with Crippen LogP contribution >= 0.6 is 12.6 Å². The van der Waals surface area contributed by atoms with E-state index in [1.807, 2.05) is 0 Å². The molecule has 0 nitrogen and oxygen atoms in total. The molecule has 0 aliphatic rings. The van der Waals surface area contributed by atoms with Crippen LogP contribution in [0.15, 0.2) is 0 Å². The van der Waals surface area contributed by atoms with Crippen molar-refractivity contribution in [3.05, 3.63) is 0 Å². The first kappa shape index (κ1) is 8.91. The van der Waals surface area contributed by atoms with Crippen molar-refractivity contribution in [2.45, 2.75) is 32.1 Å². The molecule has 0 fully saturated rings. The minimum Gasteiger partial charge on any atom is -0.120 e. The van der Waals surface area contributed by atoms with Crippen molar-refractivity contribution in [1.29, 1.82) is 0 Å². The average Bonchev–Trinajstić information content (AvgIpc) is 1.89. The fourth-order valence-corrected chi connectivity index (χ4v) is 0.887. The van der Waals surface area contributed by atoms with Crippen LogP contribution in [0.4, 0.5) is 0 Å². The van der Waals surface area contributed by atoms with Gasteiger partial charge >= 0.3 is 0 Å². The number of unbranched alkanes of at least 4 members (excludes halogenated alkanes) is 4. The summed E-state index contributed by atoms with van der Waals surface area (Å²) in [5, 5.41) is 0. The lowest BCUT2D eigenvalue weighted by Gasteiger charge is -1.93. The van der Waals surface area contributed by atoms with Crippen LogP contribution in [0.1, 0.15) is 32.1 Å². The second-order valence-electron chi connectivity index (χ2n) is 2.07. The van der Waals surface area contributed by atoms with E-state index in [2.05, 4.69) is 5.92 Å². The molecule has 0 saturated heterocycles. The molecule has 9 heavy (non-hydrogen) atoms. The van der Waals surface area contributed by atoms with Crippen LogP contribution in [0.25, 0.3) is 0 Å². The maximum Gasteiger partial charge on any atom is 0.00860 e. The molecule has 51 valence electrons. The van der Waals surface area contributed by atoms with Gasteiger partial charge in [0.25, 0.3) is 0 Å². The summed E-state index contributed by atoms with van der Waals surface area (Å²) in [5.41, 5.74) is 0. The highest BCUT2D eigenvalue weighted by molar-refractivity contribution is 7.80. The smallest absolute Gasteiger partial charge is 0.00860 e. The van der Waals surface area contributed by atoms with Crippen molar-refractivity contribution in [3.8, 4) is 12.3 Å². The van der Waals surface area contributed by atoms with Gasteiger partial charge in [0.05, 0.1) is 0 Å². The second-order valence-corrected chi connectivity index (χ2v) is 2.48. The molecule has 1 heteroatoms. The zero-order valence-corrected chi connectivity index (χ0v) is 6.54. The number of terminal acetylenes is 1. The summed E-state index contributed by atoms with van der Waals surface area (Å²) in [6.07, 6.45) is 10.9. The highest BCUT2D eigenvalue weighted by Crippen LogP contribution is 2.02. The van der Waals surface area contributed by atoms with Crippen molar-refractivity contribution in [1.82, 2.24) is 0 Å². The Kier molecular flexibility index (Phi) is 7.83. The highest BCUT2D eigenvalue weighted by atomic mass is 32.1. The standard InChI is InChI=1S/C8H13S/c1-2-3-4-5-6-7-8-9/h1H,3-8H2. The maximum atomic E-state index is 5.07. The SMILES string of the molecule is C#CCCCCCC[S]. The Balaban J connectivity index is 2.69. The molecule has 0 aromatic rings. The van der Waals surface area contributed by atoms with Crippen LogP contribution in [0.5, 0.6) is 0 Å². The van der Waals surface area contributed by atoms with E-state index in [0.29, 0.717) is 0 Å². The quantitative estimate of drug-likeness (QED) is 0.408. The van der Waals surface area contributed by atoms with Crippen LogP contribution in [0.2, 0.25) is 0 Å². The van der Waals surface area contributed by atoms with Gasteiger partial charge in [0.15, 0.2) is 0 Å². The van der Waals surface area contributed by atoms with Gasteiger partial charge in [0.1, 0.15) is 0 Å². The molecule has 0 bridgehead atoms. The molecule has 0 unspecified atom stereocenters. The summed E-state index contributed by atoms with van der Waals surface area (Å²) in [4.78, 5) is 0. The van der Waals surface area contributed by atoms with Crippen molar-refractivity contribution < 1.29 is 0 Å². The number of rotatable bonds is 5. The topological polar surface area (TPSA) is 0 Å². The van der Waals surface area contributed by atoms with Crippen LogP contribution < -0.4 is 0 Å². The molecule has 0 aliphatic heterocycles. The van der Waals surface area contributed by atoms with E-state index in [0.717, 1.165) is 12.2 Å². The van der Waals surface area contributed by atoms with Crippen molar-refractivity contribution in [2.24, 2.45) is 0 Å².